The number of hydrogen-bond donors (Lipinski definition) is 2. The van der Waals surface area contributed by atoms with Crippen molar-refractivity contribution in [3.05, 3.63) is 92.9 Å². The van der Waals surface area contributed by atoms with Crippen LogP contribution in [-0.2, 0) is 34.3 Å². The van der Waals surface area contributed by atoms with Gasteiger partial charge in [0.25, 0.3) is 5.56 Å². The normalized spacial score (nSPS) is 16.0. The first-order valence-electron chi connectivity index (χ1n) is 10.9. The largest absolute Gasteiger partial charge is 0.497 e. The molecule has 2 N–H and O–H groups in total. The van der Waals surface area contributed by atoms with Crippen LogP contribution >= 0.6 is 0 Å². The predicted octanol–water partition coefficient (Wildman–Crippen LogP) is 2.43. The minimum absolute atomic E-state index is 0.00878. The number of carbonyl (C=O) groups excluding carboxylic acids is 1. The van der Waals surface area contributed by atoms with E-state index in [0.29, 0.717) is 11.3 Å². The van der Waals surface area contributed by atoms with Gasteiger partial charge in [-0.3, -0.25) is 9.59 Å². The van der Waals surface area contributed by atoms with Crippen molar-refractivity contribution in [1.82, 2.24) is 14.6 Å². The SMILES string of the molecule is COc1ccc(S(=O)(=O)N2Cc3ccccc3C[C@H]2C(=O)NCc2c(C)cc(C)[nH]c2=O)cc1. The Balaban J connectivity index is 1.65. The number of aromatic amines is 1. The third kappa shape index (κ3) is 4.62. The maximum Gasteiger partial charge on any atom is 0.253 e. The van der Waals surface area contributed by atoms with E-state index >= 15 is 0 Å². The van der Waals surface area contributed by atoms with Crippen molar-refractivity contribution in [1.29, 1.82) is 0 Å². The molecule has 178 valence electrons. The molecule has 0 saturated heterocycles. The van der Waals surface area contributed by atoms with Crippen molar-refractivity contribution in [2.45, 2.75) is 44.3 Å². The van der Waals surface area contributed by atoms with E-state index in [2.05, 4.69) is 10.3 Å². The third-order valence-corrected chi connectivity index (χ3v) is 7.98. The van der Waals surface area contributed by atoms with E-state index in [1.807, 2.05) is 30.3 Å². The summed E-state index contributed by atoms with van der Waals surface area (Å²) >= 11 is 0. The topological polar surface area (TPSA) is 109 Å². The van der Waals surface area contributed by atoms with Crippen molar-refractivity contribution < 1.29 is 17.9 Å². The third-order valence-electron chi connectivity index (χ3n) is 6.11. The zero-order valence-electron chi connectivity index (χ0n) is 19.3. The van der Waals surface area contributed by atoms with Gasteiger partial charge >= 0.3 is 0 Å². The Morgan fingerprint density at radius 2 is 1.79 bits per heavy atom. The van der Waals surface area contributed by atoms with Gasteiger partial charge in [0.2, 0.25) is 15.9 Å². The van der Waals surface area contributed by atoms with Crippen molar-refractivity contribution in [3.63, 3.8) is 0 Å². The number of H-pyrrole nitrogens is 1. The van der Waals surface area contributed by atoms with Crippen LogP contribution < -0.4 is 15.6 Å². The lowest BCUT2D eigenvalue weighted by atomic mass is 9.95. The van der Waals surface area contributed by atoms with Crippen LogP contribution in [0.15, 0.2) is 64.3 Å². The van der Waals surface area contributed by atoms with Crippen LogP contribution in [0.4, 0.5) is 0 Å². The minimum Gasteiger partial charge on any atom is -0.497 e. The standard InChI is InChI=1S/C25H27N3O5S/c1-16-12-17(2)27-24(29)22(16)14-26-25(30)23-13-18-6-4-5-7-19(18)15-28(23)34(31,32)21-10-8-20(33-3)9-11-21/h4-12,23H,13-15H2,1-3H3,(H,26,30)(H,27,29)/t23-/m0/s1. The number of nitrogens with one attached hydrogen (secondary N) is 2. The second-order valence-electron chi connectivity index (χ2n) is 8.38. The minimum atomic E-state index is -3.98. The average molecular weight is 482 g/mol. The Kier molecular flexibility index (Phi) is 6.58. The number of fused-ring (bicyclic) bond motifs is 1. The number of benzene rings is 2. The monoisotopic (exact) mass is 481 g/mol. The van der Waals surface area contributed by atoms with Crippen LogP contribution in [0.1, 0.15) is 27.9 Å². The summed E-state index contributed by atoms with van der Waals surface area (Å²) < 4.78 is 33.5. The Morgan fingerprint density at radius 1 is 1.12 bits per heavy atom. The fraction of sp³-hybridized carbons (Fsp3) is 0.280. The highest BCUT2D eigenvalue weighted by molar-refractivity contribution is 7.89. The van der Waals surface area contributed by atoms with E-state index in [1.165, 1.54) is 23.5 Å². The maximum absolute atomic E-state index is 13.6. The first kappa shape index (κ1) is 23.7. The Morgan fingerprint density at radius 3 is 2.44 bits per heavy atom. The zero-order chi connectivity index (χ0) is 24.5. The average Bonchev–Trinajstić information content (AvgIpc) is 2.82. The molecule has 2 aromatic carbocycles. The molecule has 1 aromatic heterocycles. The zero-order valence-corrected chi connectivity index (χ0v) is 20.1. The van der Waals surface area contributed by atoms with Gasteiger partial charge in [-0.05, 0) is 67.3 Å². The molecule has 34 heavy (non-hydrogen) atoms. The van der Waals surface area contributed by atoms with Crippen molar-refractivity contribution >= 4 is 15.9 Å². The van der Waals surface area contributed by atoms with Crippen molar-refractivity contribution in [2.75, 3.05) is 7.11 Å². The summed E-state index contributed by atoms with van der Waals surface area (Å²) in [4.78, 5) is 28.5. The number of aromatic nitrogens is 1. The van der Waals surface area contributed by atoms with Crippen LogP contribution in [0.3, 0.4) is 0 Å². The first-order valence-corrected chi connectivity index (χ1v) is 12.3. The molecule has 2 heterocycles. The maximum atomic E-state index is 13.6. The van der Waals surface area contributed by atoms with Gasteiger partial charge < -0.3 is 15.0 Å². The molecule has 1 aliphatic rings. The molecular formula is C25H27N3O5S. The van der Waals surface area contributed by atoms with Gasteiger partial charge in [-0.15, -0.1) is 0 Å². The van der Waals surface area contributed by atoms with Crippen LogP contribution in [0.25, 0.3) is 0 Å². The number of pyridine rings is 1. The number of rotatable bonds is 6. The predicted molar refractivity (Wildman–Crippen MR) is 128 cm³/mol. The molecule has 0 spiro atoms. The summed E-state index contributed by atoms with van der Waals surface area (Å²) in [5, 5.41) is 2.79. The van der Waals surface area contributed by atoms with E-state index in [1.54, 1.807) is 26.0 Å². The molecule has 4 rings (SSSR count). The smallest absolute Gasteiger partial charge is 0.253 e. The molecule has 0 bridgehead atoms. The van der Waals surface area contributed by atoms with E-state index in [9.17, 15) is 18.0 Å². The number of sulfonamides is 1. The lowest BCUT2D eigenvalue weighted by Gasteiger charge is -2.35. The number of aryl methyl sites for hydroxylation is 2. The Hall–Kier alpha value is -3.43. The molecule has 3 aromatic rings. The number of carbonyl (C=O) groups is 1. The van der Waals surface area contributed by atoms with Gasteiger partial charge in [-0.2, -0.15) is 4.31 Å². The van der Waals surface area contributed by atoms with Crippen molar-refractivity contribution in [3.8, 4) is 5.75 Å². The van der Waals surface area contributed by atoms with E-state index < -0.39 is 22.0 Å². The Labute approximate surface area is 198 Å². The summed E-state index contributed by atoms with van der Waals surface area (Å²) in [7, 11) is -2.47. The van der Waals surface area contributed by atoms with Crippen LogP contribution in [0.5, 0.6) is 5.75 Å². The summed E-state index contributed by atoms with van der Waals surface area (Å²) in [6.07, 6.45) is 0.237. The number of amides is 1. The van der Waals surface area contributed by atoms with E-state index in [0.717, 1.165) is 22.4 Å². The van der Waals surface area contributed by atoms with Crippen LogP contribution in [0.2, 0.25) is 0 Å². The fourth-order valence-corrected chi connectivity index (χ4v) is 5.82. The lowest BCUT2D eigenvalue weighted by molar-refractivity contribution is -0.125. The molecular weight excluding hydrogens is 454 g/mol. The van der Waals surface area contributed by atoms with Gasteiger partial charge in [-0.25, -0.2) is 8.42 Å². The summed E-state index contributed by atoms with van der Waals surface area (Å²) in [5.41, 5.74) is 3.45. The molecule has 8 nitrogen and oxygen atoms in total. The highest BCUT2D eigenvalue weighted by atomic mass is 32.2. The molecule has 0 aliphatic carbocycles. The van der Waals surface area contributed by atoms with E-state index in [-0.39, 0.29) is 30.0 Å². The molecule has 1 atom stereocenters. The summed E-state index contributed by atoms with van der Waals surface area (Å²) in [5.74, 6) is 0.0851. The molecule has 1 amide bonds. The molecule has 0 fully saturated rings. The number of methoxy groups -OCH3 is 1. The fourth-order valence-electron chi connectivity index (χ4n) is 4.25. The highest BCUT2D eigenvalue weighted by Crippen LogP contribution is 2.30. The molecule has 0 radical (unpaired) electrons. The number of nitrogens with zero attached hydrogens (tertiary/aromatic N) is 1. The first-order chi connectivity index (χ1) is 16.2. The van der Waals surface area contributed by atoms with Gasteiger partial charge in [-0.1, -0.05) is 24.3 Å². The van der Waals surface area contributed by atoms with Gasteiger partial charge in [0.15, 0.2) is 0 Å². The van der Waals surface area contributed by atoms with E-state index in [4.69, 9.17) is 4.74 Å². The summed E-state index contributed by atoms with van der Waals surface area (Å²) in [6.45, 7) is 3.68. The van der Waals surface area contributed by atoms with Crippen LogP contribution in [-0.4, -0.2) is 36.8 Å². The second-order valence-corrected chi connectivity index (χ2v) is 10.3. The van der Waals surface area contributed by atoms with Gasteiger partial charge in [0.05, 0.1) is 12.0 Å². The number of ether oxygens (including phenoxy) is 1. The van der Waals surface area contributed by atoms with Crippen molar-refractivity contribution in [2.24, 2.45) is 0 Å². The molecule has 0 saturated carbocycles. The second kappa shape index (κ2) is 9.44. The quantitative estimate of drug-likeness (QED) is 0.562. The number of hydrogen-bond acceptors (Lipinski definition) is 5. The lowest BCUT2D eigenvalue weighted by Crippen LogP contribution is -2.52. The molecule has 1 aliphatic heterocycles. The molecule has 0 unspecified atom stereocenters. The molecule has 9 heteroatoms. The summed E-state index contributed by atoms with van der Waals surface area (Å²) in [6, 6.07) is 14.5. The van der Waals surface area contributed by atoms with Gasteiger partial charge in [0.1, 0.15) is 11.8 Å². The highest BCUT2D eigenvalue weighted by Gasteiger charge is 2.39. The Bertz CT molecular complexity index is 1380. The van der Waals surface area contributed by atoms with Gasteiger partial charge in [0, 0.05) is 24.3 Å². The van der Waals surface area contributed by atoms with Crippen LogP contribution in [0, 0.1) is 13.8 Å².